The number of likely N-dealkylation sites (tertiary alicyclic amines) is 1. The Morgan fingerprint density at radius 2 is 1.88 bits per heavy atom. The SMILES string of the molecule is CC1(C)CC(C(CCNc2cccc(SNC(=O)c3ccc(-n4ccc(OCCC5(C(F)(F)F)CC5)n4)nc3Cl)n2)c2ccccc2)CN1C=O. The molecule has 1 aliphatic carbocycles. The van der Waals surface area contributed by atoms with Gasteiger partial charge in [-0.25, -0.2) is 14.6 Å². The van der Waals surface area contributed by atoms with Crippen LogP contribution >= 0.6 is 23.5 Å². The van der Waals surface area contributed by atoms with Gasteiger partial charge in [0.15, 0.2) is 5.82 Å². The number of halogens is 4. The fourth-order valence-corrected chi connectivity index (χ4v) is 7.48. The number of rotatable bonds is 15. The van der Waals surface area contributed by atoms with E-state index in [1.165, 1.54) is 22.4 Å². The summed E-state index contributed by atoms with van der Waals surface area (Å²) >= 11 is 7.42. The predicted molar refractivity (Wildman–Crippen MR) is 189 cm³/mol. The molecule has 270 valence electrons. The van der Waals surface area contributed by atoms with Gasteiger partial charge in [-0.2, -0.15) is 13.2 Å². The Labute approximate surface area is 303 Å². The van der Waals surface area contributed by atoms with Crippen molar-refractivity contribution in [3.8, 4) is 11.7 Å². The highest BCUT2D eigenvalue weighted by molar-refractivity contribution is 7.97. The summed E-state index contributed by atoms with van der Waals surface area (Å²) < 4.78 is 49.1. The number of ether oxygens (including phenoxy) is 1. The van der Waals surface area contributed by atoms with Crippen molar-refractivity contribution >= 4 is 41.7 Å². The second kappa shape index (κ2) is 15.1. The Morgan fingerprint density at radius 3 is 2.57 bits per heavy atom. The first-order chi connectivity index (χ1) is 24.4. The number of pyridine rings is 2. The largest absolute Gasteiger partial charge is 0.477 e. The van der Waals surface area contributed by atoms with E-state index in [1.54, 1.807) is 18.3 Å². The number of hydrogen-bond acceptors (Lipinski definition) is 8. The molecule has 2 amide bonds. The van der Waals surface area contributed by atoms with Gasteiger partial charge in [0.25, 0.3) is 5.91 Å². The van der Waals surface area contributed by atoms with Gasteiger partial charge in [0.2, 0.25) is 12.3 Å². The number of amides is 2. The van der Waals surface area contributed by atoms with Crippen molar-refractivity contribution in [2.75, 3.05) is 25.0 Å². The molecule has 0 spiro atoms. The van der Waals surface area contributed by atoms with Gasteiger partial charge in [0.1, 0.15) is 16.0 Å². The summed E-state index contributed by atoms with van der Waals surface area (Å²) in [5.74, 6) is 1.26. The van der Waals surface area contributed by atoms with Crippen molar-refractivity contribution in [1.29, 1.82) is 0 Å². The number of aromatic nitrogens is 4. The number of carbonyl (C=O) groups excluding carboxylic acids is 2. The Balaban J connectivity index is 1.00. The summed E-state index contributed by atoms with van der Waals surface area (Å²) in [7, 11) is 0. The first-order valence-corrected chi connectivity index (χ1v) is 17.9. The van der Waals surface area contributed by atoms with E-state index in [1.807, 2.05) is 35.2 Å². The molecule has 3 aromatic heterocycles. The van der Waals surface area contributed by atoms with E-state index in [0.717, 1.165) is 37.7 Å². The Morgan fingerprint density at radius 1 is 1.10 bits per heavy atom. The average Bonchev–Trinajstić information content (AvgIpc) is 3.66. The standard InChI is InChI=1S/C36H39ClF3N7O3S/c1-34(2)21-25(22-46(34)23-48)26(24-7-4-3-5-8-24)13-18-41-28-9-6-10-31(42-28)51-45-33(49)27-11-12-29(43-32(27)37)47-19-14-30(44-47)50-20-17-35(15-16-35)36(38,39)40/h3-12,14,19,23,25-26H,13,15-18,20-22H2,1-2H3,(H,41,42)(H,45,49). The molecule has 4 heterocycles. The molecule has 2 N–H and O–H groups in total. The number of nitrogens with one attached hydrogen (secondary N) is 2. The zero-order chi connectivity index (χ0) is 36.2. The number of alkyl halides is 3. The van der Waals surface area contributed by atoms with Gasteiger partial charge in [-0.3, -0.25) is 14.3 Å². The van der Waals surface area contributed by atoms with Crippen molar-refractivity contribution in [2.24, 2.45) is 11.3 Å². The van der Waals surface area contributed by atoms with Crippen molar-refractivity contribution < 1.29 is 27.5 Å². The van der Waals surface area contributed by atoms with Gasteiger partial charge in [0.05, 0.1) is 17.6 Å². The zero-order valence-electron chi connectivity index (χ0n) is 28.2. The van der Waals surface area contributed by atoms with E-state index in [-0.39, 0.29) is 53.9 Å². The molecule has 2 unspecified atom stereocenters. The van der Waals surface area contributed by atoms with Gasteiger partial charge in [-0.15, -0.1) is 5.10 Å². The summed E-state index contributed by atoms with van der Waals surface area (Å²) in [5, 5.41) is 8.15. The van der Waals surface area contributed by atoms with Gasteiger partial charge < -0.3 is 15.0 Å². The maximum Gasteiger partial charge on any atom is 0.394 e. The van der Waals surface area contributed by atoms with Crippen LogP contribution in [0.15, 0.2) is 78.0 Å². The minimum Gasteiger partial charge on any atom is -0.477 e. The van der Waals surface area contributed by atoms with Crippen LogP contribution in [0.3, 0.4) is 0 Å². The molecule has 6 rings (SSSR count). The number of benzene rings is 1. The number of nitrogens with zero attached hydrogens (tertiary/aromatic N) is 5. The molecule has 1 saturated carbocycles. The second-order valence-corrected chi connectivity index (χ2v) is 14.8. The molecule has 1 aliphatic heterocycles. The number of anilines is 1. The van der Waals surface area contributed by atoms with E-state index in [4.69, 9.17) is 16.3 Å². The molecular weight excluding hydrogens is 703 g/mol. The van der Waals surface area contributed by atoms with E-state index in [2.05, 4.69) is 51.1 Å². The van der Waals surface area contributed by atoms with Crippen LogP contribution in [0.1, 0.15) is 67.8 Å². The summed E-state index contributed by atoms with van der Waals surface area (Å²) in [6.45, 7) is 5.51. The lowest BCUT2D eigenvalue weighted by molar-refractivity contribution is -0.190. The summed E-state index contributed by atoms with van der Waals surface area (Å²) in [5.41, 5.74) is -0.430. The highest BCUT2D eigenvalue weighted by Gasteiger charge is 2.62. The third kappa shape index (κ3) is 8.61. The van der Waals surface area contributed by atoms with Crippen LogP contribution in [0.5, 0.6) is 5.88 Å². The third-order valence-electron chi connectivity index (χ3n) is 9.79. The van der Waals surface area contributed by atoms with E-state index < -0.39 is 17.5 Å². The molecule has 2 atom stereocenters. The van der Waals surface area contributed by atoms with Crippen molar-refractivity contribution in [3.05, 3.63) is 89.2 Å². The number of hydrogen-bond donors (Lipinski definition) is 2. The molecule has 0 radical (unpaired) electrons. The highest BCUT2D eigenvalue weighted by atomic mass is 35.5. The van der Waals surface area contributed by atoms with E-state index in [9.17, 15) is 22.8 Å². The van der Waals surface area contributed by atoms with Crippen molar-refractivity contribution in [3.63, 3.8) is 0 Å². The average molecular weight is 742 g/mol. The van der Waals surface area contributed by atoms with Crippen LogP contribution in [-0.2, 0) is 4.79 Å². The van der Waals surface area contributed by atoms with Crippen molar-refractivity contribution in [1.82, 2.24) is 29.4 Å². The van der Waals surface area contributed by atoms with Crippen LogP contribution in [-0.4, -0.2) is 68.4 Å². The Bertz CT molecular complexity index is 1840. The lowest BCUT2D eigenvalue weighted by Crippen LogP contribution is -2.36. The van der Waals surface area contributed by atoms with Gasteiger partial charge in [-0.05, 0) is 87.6 Å². The third-order valence-corrected chi connectivity index (χ3v) is 10.8. The maximum atomic E-state index is 13.2. The van der Waals surface area contributed by atoms with Gasteiger partial charge in [-0.1, -0.05) is 48.0 Å². The topological polar surface area (TPSA) is 114 Å². The monoisotopic (exact) mass is 741 g/mol. The van der Waals surface area contributed by atoms with E-state index >= 15 is 0 Å². The molecule has 2 fully saturated rings. The summed E-state index contributed by atoms with van der Waals surface area (Å²) in [6, 6.07) is 20.5. The Kier molecular flexibility index (Phi) is 10.8. The Hall–Kier alpha value is -4.30. The fraction of sp³-hybridized carbons (Fsp3) is 0.417. The zero-order valence-corrected chi connectivity index (χ0v) is 29.8. The van der Waals surface area contributed by atoms with Gasteiger partial charge >= 0.3 is 6.18 Å². The lowest BCUT2D eigenvalue weighted by Gasteiger charge is -2.27. The van der Waals surface area contributed by atoms with Gasteiger partial charge in [0, 0.05) is 42.8 Å². The van der Waals surface area contributed by atoms with Crippen molar-refractivity contribution in [2.45, 2.75) is 68.6 Å². The molecular formula is C36H39ClF3N7O3S. The number of carbonyl (C=O) groups is 2. The molecule has 10 nitrogen and oxygen atoms in total. The minimum absolute atomic E-state index is 0.0531. The van der Waals surface area contributed by atoms with Crippen LogP contribution in [0.25, 0.3) is 5.82 Å². The lowest BCUT2D eigenvalue weighted by atomic mass is 9.80. The second-order valence-electron chi connectivity index (χ2n) is 13.6. The first-order valence-electron chi connectivity index (χ1n) is 16.7. The summed E-state index contributed by atoms with van der Waals surface area (Å²) in [6.07, 6.45) is 0.168. The first kappa shape index (κ1) is 36.5. The van der Waals surface area contributed by atoms with Crippen LogP contribution in [0, 0.1) is 11.3 Å². The minimum atomic E-state index is -4.23. The molecule has 1 saturated heterocycles. The summed E-state index contributed by atoms with van der Waals surface area (Å²) in [4.78, 5) is 35.5. The molecule has 15 heteroatoms. The molecule has 51 heavy (non-hydrogen) atoms. The predicted octanol–water partition coefficient (Wildman–Crippen LogP) is 7.71. The normalized spacial score (nSPS) is 18.2. The molecule has 1 aromatic carbocycles. The van der Waals surface area contributed by atoms with Crippen LogP contribution in [0.2, 0.25) is 5.15 Å². The van der Waals surface area contributed by atoms with Crippen LogP contribution in [0.4, 0.5) is 19.0 Å². The quantitative estimate of drug-likeness (QED) is 0.0724. The molecule has 2 aliphatic rings. The fourth-order valence-electron chi connectivity index (χ4n) is 6.64. The highest BCUT2D eigenvalue weighted by Crippen LogP contribution is 2.59. The van der Waals surface area contributed by atoms with Crippen LogP contribution < -0.4 is 14.8 Å². The molecule has 0 bridgehead atoms. The van der Waals surface area contributed by atoms with E-state index in [0.29, 0.717) is 29.1 Å². The smallest absolute Gasteiger partial charge is 0.394 e. The molecule has 4 aromatic rings. The maximum absolute atomic E-state index is 13.2.